The van der Waals surface area contributed by atoms with Crippen LogP contribution in [0.3, 0.4) is 0 Å². The standard InChI is InChI=1S/C22H28N4O/c1-17-14-20(8-9-23-17)25-10-5-11-26(13-12-25)22(27)21-15-18-6-3-4-7-19(18)16-24(21)2/h3-4,6-9,14,21H,5,10-13,15-16H2,1-2H3/t21-/m1/s1. The zero-order valence-corrected chi connectivity index (χ0v) is 16.3. The van der Waals surface area contributed by atoms with Gasteiger partial charge in [-0.25, -0.2) is 0 Å². The van der Waals surface area contributed by atoms with Crippen molar-refractivity contribution in [2.24, 2.45) is 0 Å². The summed E-state index contributed by atoms with van der Waals surface area (Å²) in [4.78, 5) is 24.2. The third kappa shape index (κ3) is 3.83. The average Bonchev–Trinajstić information content (AvgIpc) is 2.93. The molecule has 3 heterocycles. The van der Waals surface area contributed by atoms with Crippen LogP contribution >= 0.6 is 0 Å². The molecule has 1 aromatic heterocycles. The summed E-state index contributed by atoms with van der Waals surface area (Å²) in [6, 6.07) is 12.6. The summed E-state index contributed by atoms with van der Waals surface area (Å²) in [7, 11) is 2.07. The summed E-state index contributed by atoms with van der Waals surface area (Å²) in [5.74, 6) is 0.278. The van der Waals surface area contributed by atoms with E-state index in [1.807, 2.05) is 13.1 Å². The molecule has 0 aliphatic carbocycles. The van der Waals surface area contributed by atoms with E-state index >= 15 is 0 Å². The Hall–Kier alpha value is -2.40. The van der Waals surface area contributed by atoms with E-state index in [9.17, 15) is 4.79 Å². The molecular weight excluding hydrogens is 336 g/mol. The SMILES string of the molecule is Cc1cc(N2CCCN(C(=O)[C@H]3Cc4ccccc4CN3C)CC2)ccn1. The van der Waals surface area contributed by atoms with Crippen molar-refractivity contribution in [3.63, 3.8) is 0 Å². The Bertz CT molecular complexity index is 821. The molecule has 5 nitrogen and oxygen atoms in total. The predicted octanol–water partition coefficient (Wildman–Crippen LogP) is 2.49. The van der Waals surface area contributed by atoms with Gasteiger partial charge < -0.3 is 9.80 Å². The molecule has 2 aromatic rings. The fourth-order valence-corrected chi connectivity index (χ4v) is 4.26. The van der Waals surface area contributed by atoms with Crippen LogP contribution in [0, 0.1) is 6.92 Å². The van der Waals surface area contributed by atoms with Crippen molar-refractivity contribution in [3.05, 3.63) is 59.4 Å². The lowest BCUT2D eigenvalue weighted by atomic mass is 9.93. The van der Waals surface area contributed by atoms with Crippen molar-refractivity contribution in [2.75, 3.05) is 38.1 Å². The van der Waals surface area contributed by atoms with Crippen LogP contribution in [-0.2, 0) is 17.8 Å². The van der Waals surface area contributed by atoms with Crippen molar-refractivity contribution < 1.29 is 4.79 Å². The monoisotopic (exact) mass is 364 g/mol. The minimum absolute atomic E-state index is 0.0466. The lowest BCUT2D eigenvalue weighted by Gasteiger charge is -2.36. The minimum Gasteiger partial charge on any atom is -0.370 e. The molecule has 4 rings (SSSR count). The van der Waals surface area contributed by atoms with Gasteiger partial charge in [-0.2, -0.15) is 0 Å². The van der Waals surface area contributed by atoms with Gasteiger partial charge in [-0.15, -0.1) is 0 Å². The first-order valence-electron chi connectivity index (χ1n) is 9.85. The topological polar surface area (TPSA) is 39.7 Å². The molecule has 27 heavy (non-hydrogen) atoms. The molecule has 0 saturated carbocycles. The van der Waals surface area contributed by atoms with Crippen molar-refractivity contribution >= 4 is 11.6 Å². The number of nitrogens with zero attached hydrogens (tertiary/aromatic N) is 4. The minimum atomic E-state index is -0.0466. The van der Waals surface area contributed by atoms with Crippen LogP contribution in [0.25, 0.3) is 0 Å². The Morgan fingerprint density at radius 2 is 1.89 bits per heavy atom. The highest BCUT2D eigenvalue weighted by molar-refractivity contribution is 5.82. The second-order valence-electron chi connectivity index (χ2n) is 7.73. The lowest BCUT2D eigenvalue weighted by molar-refractivity contribution is -0.136. The summed E-state index contributed by atoms with van der Waals surface area (Å²) < 4.78 is 0. The molecule has 142 valence electrons. The lowest BCUT2D eigenvalue weighted by Crippen LogP contribution is -2.51. The highest BCUT2D eigenvalue weighted by Gasteiger charge is 2.32. The largest absolute Gasteiger partial charge is 0.370 e. The fraction of sp³-hybridized carbons (Fsp3) is 0.455. The smallest absolute Gasteiger partial charge is 0.240 e. The van der Waals surface area contributed by atoms with Gasteiger partial charge in [-0.05, 0) is 50.1 Å². The molecular formula is C22H28N4O. The van der Waals surface area contributed by atoms with Gasteiger partial charge in [0.15, 0.2) is 0 Å². The highest BCUT2D eigenvalue weighted by atomic mass is 16.2. The van der Waals surface area contributed by atoms with E-state index in [1.54, 1.807) is 0 Å². The Balaban J connectivity index is 1.44. The van der Waals surface area contributed by atoms with Crippen LogP contribution in [-0.4, -0.2) is 60.0 Å². The maximum absolute atomic E-state index is 13.3. The number of fused-ring (bicyclic) bond motifs is 1. The molecule has 2 aliphatic heterocycles. The van der Waals surface area contributed by atoms with Crippen molar-refractivity contribution in [2.45, 2.75) is 32.4 Å². The van der Waals surface area contributed by atoms with Gasteiger partial charge >= 0.3 is 0 Å². The van der Waals surface area contributed by atoms with E-state index in [1.165, 1.54) is 16.8 Å². The molecule has 0 spiro atoms. The second-order valence-corrected chi connectivity index (χ2v) is 7.73. The van der Waals surface area contributed by atoms with Crippen LogP contribution in [0.1, 0.15) is 23.2 Å². The van der Waals surface area contributed by atoms with Gasteiger partial charge in [0.05, 0.1) is 6.04 Å². The molecule has 5 heteroatoms. The van der Waals surface area contributed by atoms with Crippen LogP contribution in [0.4, 0.5) is 5.69 Å². The zero-order valence-electron chi connectivity index (χ0n) is 16.3. The quantitative estimate of drug-likeness (QED) is 0.821. The highest BCUT2D eigenvalue weighted by Crippen LogP contribution is 2.24. The Labute approximate surface area is 161 Å². The number of anilines is 1. The van der Waals surface area contributed by atoms with E-state index in [2.05, 4.69) is 63.1 Å². The number of aryl methyl sites for hydroxylation is 1. The summed E-state index contributed by atoms with van der Waals surface area (Å²) in [6.07, 6.45) is 3.68. The molecule has 1 amide bonds. The average molecular weight is 364 g/mol. The molecule has 0 bridgehead atoms. The van der Waals surface area contributed by atoms with E-state index in [4.69, 9.17) is 0 Å². The Morgan fingerprint density at radius 3 is 2.70 bits per heavy atom. The van der Waals surface area contributed by atoms with Crippen molar-refractivity contribution in [3.8, 4) is 0 Å². The van der Waals surface area contributed by atoms with Gasteiger partial charge in [0.2, 0.25) is 5.91 Å². The number of likely N-dealkylation sites (N-methyl/N-ethyl adjacent to an activating group) is 1. The molecule has 1 fully saturated rings. The predicted molar refractivity (Wildman–Crippen MR) is 108 cm³/mol. The maximum atomic E-state index is 13.3. The number of hydrogen-bond donors (Lipinski definition) is 0. The maximum Gasteiger partial charge on any atom is 0.240 e. The summed E-state index contributed by atoms with van der Waals surface area (Å²) in [5, 5.41) is 0. The molecule has 1 atom stereocenters. The first-order chi connectivity index (χ1) is 13.1. The fourth-order valence-electron chi connectivity index (χ4n) is 4.26. The summed E-state index contributed by atoms with van der Waals surface area (Å²) >= 11 is 0. The Kier molecular flexibility index (Phi) is 5.12. The van der Waals surface area contributed by atoms with Gasteiger partial charge in [-0.1, -0.05) is 24.3 Å². The first-order valence-corrected chi connectivity index (χ1v) is 9.85. The number of hydrogen-bond acceptors (Lipinski definition) is 4. The second kappa shape index (κ2) is 7.69. The van der Waals surface area contributed by atoms with Crippen LogP contribution < -0.4 is 4.90 Å². The van der Waals surface area contributed by atoms with Gasteiger partial charge in [-0.3, -0.25) is 14.7 Å². The summed E-state index contributed by atoms with van der Waals surface area (Å²) in [5.41, 5.74) is 4.91. The van der Waals surface area contributed by atoms with E-state index < -0.39 is 0 Å². The van der Waals surface area contributed by atoms with E-state index in [0.717, 1.165) is 51.3 Å². The third-order valence-electron chi connectivity index (χ3n) is 5.82. The zero-order chi connectivity index (χ0) is 18.8. The van der Waals surface area contributed by atoms with Crippen LogP contribution in [0.2, 0.25) is 0 Å². The van der Waals surface area contributed by atoms with Crippen molar-refractivity contribution in [1.82, 2.24) is 14.8 Å². The normalized spacial score (nSPS) is 20.9. The van der Waals surface area contributed by atoms with Crippen LogP contribution in [0.5, 0.6) is 0 Å². The number of aromatic nitrogens is 1. The van der Waals surface area contributed by atoms with E-state index in [-0.39, 0.29) is 11.9 Å². The number of carbonyl (C=O) groups excluding carboxylic acids is 1. The molecule has 0 unspecified atom stereocenters. The van der Waals surface area contributed by atoms with Gasteiger partial charge in [0.1, 0.15) is 0 Å². The first kappa shape index (κ1) is 18.0. The van der Waals surface area contributed by atoms with Gasteiger partial charge in [0, 0.05) is 50.3 Å². The Morgan fingerprint density at radius 1 is 1.07 bits per heavy atom. The number of benzene rings is 1. The molecule has 0 N–H and O–H groups in total. The van der Waals surface area contributed by atoms with Gasteiger partial charge in [0.25, 0.3) is 0 Å². The van der Waals surface area contributed by atoms with Crippen LogP contribution in [0.15, 0.2) is 42.6 Å². The number of rotatable bonds is 2. The molecule has 1 aromatic carbocycles. The molecule has 2 aliphatic rings. The molecule has 0 radical (unpaired) electrons. The third-order valence-corrected chi connectivity index (χ3v) is 5.82. The molecule has 1 saturated heterocycles. The summed E-state index contributed by atoms with van der Waals surface area (Å²) in [6.45, 7) is 6.35. The number of amides is 1. The number of pyridine rings is 1. The van der Waals surface area contributed by atoms with E-state index in [0.29, 0.717) is 0 Å². The number of carbonyl (C=O) groups is 1. The van der Waals surface area contributed by atoms with Crippen molar-refractivity contribution in [1.29, 1.82) is 0 Å².